The zero-order chi connectivity index (χ0) is 17.8. The normalized spacial score (nSPS) is 21.1. The van der Waals surface area contributed by atoms with Gasteiger partial charge >= 0.3 is 0 Å². The van der Waals surface area contributed by atoms with Crippen molar-refractivity contribution in [2.75, 3.05) is 0 Å². The van der Waals surface area contributed by atoms with Crippen molar-refractivity contribution >= 4 is 49.8 Å². The van der Waals surface area contributed by atoms with Crippen LogP contribution in [0.4, 0.5) is 0 Å². The number of benzene rings is 2. The van der Waals surface area contributed by atoms with Crippen molar-refractivity contribution in [3.8, 4) is 0 Å². The molecule has 1 aliphatic rings. The van der Waals surface area contributed by atoms with Gasteiger partial charge in [-0.25, -0.2) is 0 Å². The maximum absolute atomic E-state index is 13.0. The Balaban J connectivity index is 1.96. The highest BCUT2D eigenvalue weighted by Crippen LogP contribution is 2.34. The molecule has 3 rings (SSSR count). The molecule has 2 aromatic carbocycles. The Bertz CT molecular complexity index is 781. The van der Waals surface area contributed by atoms with Crippen LogP contribution in [0.3, 0.4) is 0 Å². The molecule has 0 spiro atoms. The number of allylic oxidation sites excluding steroid dienone is 2. The molecule has 0 bridgehead atoms. The molecule has 0 aliphatic heterocycles. The van der Waals surface area contributed by atoms with Gasteiger partial charge in [0.15, 0.2) is 5.78 Å². The maximum atomic E-state index is 13.0. The number of carbonyl (C=O) groups is 1. The fourth-order valence-corrected chi connectivity index (χ4v) is 4.05. The van der Waals surface area contributed by atoms with E-state index in [-0.39, 0.29) is 5.78 Å². The van der Waals surface area contributed by atoms with Crippen molar-refractivity contribution < 1.29 is 4.79 Å². The molecule has 1 fully saturated rings. The second kappa shape index (κ2) is 8.29. The summed E-state index contributed by atoms with van der Waals surface area (Å²) in [5.41, 5.74) is 3.96. The maximum Gasteiger partial charge on any atom is 0.185 e. The Morgan fingerprint density at radius 2 is 1.40 bits per heavy atom. The van der Waals surface area contributed by atoms with E-state index in [4.69, 9.17) is 0 Å². The van der Waals surface area contributed by atoms with Gasteiger partial charge in [-0.2, -0.15) is 0 Å². The number of carbonyl (C=O) groups excluding carboxylic acids is 1. The van der Waals surface area contributed by atoms with Gasteiger partial charge in [0.2, 0.25) is 0 Å². The molecule has 0 N–H and O–H groups in total. The van der Waals surface area contributed by atoms with Gasteiger partial charge in [-0.05, 0) is 66.3 Å². The lowest BCUT2D eigenvalue weighted by Crippen LogP contribution is -2.19. The van der Waals surface area contributed by atoms with Gasteiger partial charge in [0.25, 0.3) is 0 Å². The molecule has 1 saturated carbocycles. The first-order valence-corrected chi connectivity index (χ1v) is 10.1. The zero-order valence-corrected chi connectivity index (χ0v) is 17.3. The third kappa shape index (κ3) is 4.80. The monoisotopic (exact) mass is 458 g/mol. The van der Waals surface area contributed by atoms with Crippen LogP contribution in [0.15, 0.2) is 68.6 Å². The molecular formula is C22H20Br2O. The molecule has 0 radical (unpaired) electrons. The largest absolute Gasteiger partial charge is 0.289 e. The van der Waals surface area contributed by atoms with Crippen LogP contribution in [-0.4, -0.2) is 5.78 Å². The van der Waals surface area contributed by atoms with Gasteiger partial charge in [-0.15, -0.1) is 0 Å². The van der Waals surface area contributed by atoms with Crippen LogP contribution in [0.1, 0.15) is 37.3 Å². The molecule has 0 unspecified atom stereocenters. The Labute approximate surface area is 166 Å². The minimum atomic E-state index is 0.185. The summed E-state index contributed by atoms with van der Waals surface area (Å²) in [6.45, 7) is 2.20. The fourth-order valence-electron chi connectivity index (χ4n) is 3.22. The first-order valence-electron chi connectivity index (χ1n) is 8.52. The lowest BCUT2D eigenvalue weighted by atomic mass is 9.79. The van der Waals surface area contributed by atoms with Crippen molar-refractivity contribution in [1.29, 1.82) is 0 Å². The van der Waals surface area contributed by atoms with Gasteiger partial charge < -0.3 is 0 Å². The smallest absolute Gasteiger partial charge is 0.185 e. The quantitative estimate of drug-likeness (QED) is 0.448. The summed E-state index contributed by atoms with van der Waals surface area (Å²) in [6, 6.07) is 16.2. The Morgan fingerprint density at radius 1 is 0.920 bits per heavy atom. The number of hydrogen-bond acceptors (Lipinski definition) is 1. The van der Waals surface area contributed by atoms with E-state index >= 15 is 0 Å². The molecule has 128 valence electrons. The molecule has 25 heavy (non-hydrogen) atoms. The van der Waals surface area contributed by atoms with Crippen molar-refractivity contribution in [3.05, 3.63) is 79.7 Å². The average molecular weight is 460 g/mol. The summed E-state index contributed by atoms with van der Waals surface area (Å²) in [5, 5.41) is 0. The number of Topliss-reactive ketones (excluding diaryl/α,β-unsaturated/α-hetero) is 1. The highest BCUT2D eigenvalue weighted by atomic mass is 79.9. The number of hydrogen-bond donors (Lipinski definition) is 0. The first-order chi connectivity index (χ1) is 12.0. The zero-order valence-electron chi connectivity index (χ0n) is 14.1. The second-order valence-electron chi connectivity index (χ2n) is 6.46. The van der Waals surface area contributed by atoms with E-state index in [1.165, 1.54) is 0 Å². The summed E-state index contributed by atoms with van der Waals surface area (Å²) < 4.78 is 2.06. The van der Waals surface area contributed by atoms with E-state index in [2.05, 4.69) is 38.8 Å². The third-order valence-corrected chi connectivity index (χ3v) is 5.54. The van der Waals surface area contributed by atoms with Crippen molar-refractivity contribution in [2.24, 2.45) is 5.92 Å². The Kier molecular flexibility index (Phi) is 6.08. The van der Waals surface area contributed by atoms with Crippen molar-refractivity contribution in [2.45, 2.75) is 26.2 Å². The molecular weight excluding hydrogens is 440 g/mol. The van der Waals surface area contributed by atoms with Crippen LogP contribution < -0.4 is 0 Å². The van der Waals surface area contributed by atoms with Gasteiger partial charge in [0, 0.05) is 20.1 Å². The lowest BCUT2D eigenvalue weighted by molar-refractivity contribution is -0.113. The Morgan fingerprint density at radius 3 is 1.80 bits per heavy atom. The molecule has 0 aromatic heterocycles. The predicted octanol–water partition coefficient (Wildman–Crippen LogP) is 7.07. The summed E-state index contributed by atoms with van der Waals surface area (Å²) >= 11 is 7.00. The van der Waals surface area contributed by atoms with Gasteiger partial charge in [0.1, 0.15) is 0 Å². The summed E-state index contributed by atoms with van der Waals surface area (Å²) in [7, 11) is 0. The average Bonchev–Trinajstić information content (AvgIpc) is 2.58. The minimum absolute atomic E-state index is 0.185. The number of ketones is 1. The molecule has 0 atom stereocenters. The van der Waals surface area contributed by atoms with Crippen LogP contribution in [0.25, 0.3) is 12.2 Å². The molecule has 3 heteroatoms. The highest BCUT2D eigenvalue weighted by Gasteiger charge is 2.26. The topological polar surface area (TPSA) is 17.1 Å². The Hall–Kier alpha value is -1.45. The molecule has 1 aliphatic carbocycles. The third-order valence-electron chi connectivity index (χ3n) is 4.56. The molecule has 2 aromatic rings. The van der Waals surface area contributed by atoms with Crippen LogP contribution >= 0.6 is 31.9 Å². The SMILES string of the molecule is CCC1C/C(=C/c2cccc(Br)c2)C(=O)/C(=C\c2cccc(Br)c2)C1. The van der Waals surface area contributed by atoms with E-state index in [1.807, 2.05) is 60.7 Å². The summed E-state index contributed by atoms with van der Waals surface area (Å²) in [6.07, 6.45) is 6.89. The summed E-state index contributed by atoms with van der Waals surface area (Å²) in [4.78, 5) is 13.0. The standard InChI is InChI=1S/C22H20Br2O/c1-2-15-9-18(11-16-5-3-7-20(23)13-16)22(25)19(10-15)12-17-6-4-8-21(24)14-17/h3-8,11-15H,2,9-10H2,1H3/b18-11-,19-12-. The van der Waals surface area contributed by atoms with E-state index in [0.29, 0.717) is 5.92 Å². The lowest BCUT2D eigenvalue weighted by Gasteiger charge is -2.25. The fraction of sp³-hybridized carbons (Fsp3) is 0.227. The molecule has 1 nitrogen and oxygen atoms in total. The van der Waals surface area contributed by atoms with E-state index in [1.54, 1.807) is 0 Å². The molecule has 0 saturated heterocycles. The predicted molar refractivity (Wildman–Crippen MR) is 112 cm³/mol. The van der Waals surface area contributed by atoms with Crippen LogP contribution in [0.5, 0.6) is 0 Å². The van der Waals surface area contributed by atoms with Crippen molar-refractivity contribution in [3.63, 3.8) is 0 Å². The van der Waals surface area contributed by atoms with Crippen LogP contribution in [0.2, 0.25) is 0 Å². The van der Waals surface area contributed by atoms with Crippen LogP contribution in [0, 0.1) is 5.92 Å². The number of halogens is 2. The molecule has 0 heterocycles. The van der Waals surface area contributed by atoms with Crippen LogP contribution in [-0.2, 0) is 4.79 Å². The molecule has 0 amide bonds. The number of rotatable bonds is 3. The van der Waals surface area contributed by atoms with E-state index in [9.17, 15) is 4.79 Å². The van der Waals surface area contributed by atoms with Gasteiger partial charge in [-0.3, -0.25) is 4.79 Å². The second-order valence-corrected chi connectivity index (χ2v) is 8.29. The highest BCUT2D eigenvalue weighted by molar-refractivity contribution is 9.10. The van der Waals surface area contributed by atoms with Crippen molar-refractivity contribution in [1.82, 2.24) is 0 Å². The minimum Gasteiger partial charge on any atom is -0.289 e. The van der Waals surface area contributed by atoms with Gasteiger partial charge in [-0.1, -0.05) is 69.5 Å². The van der Waals surface area contributed by atoms with E-state index in [0.717, 1.165) is 50.5 Å². The summed E-state index contributed by atoms with van der Waals surface area (Å²) in [5.74, 6) is 0.708. The van der Waals surface area contributed by atoms with E-state index < -0.39 is 0 Å². The first kappa shape index (κ1) is 18.3. The van der Waals surface area contributed by atoms with Gasteiger partial charge in [0.05, 0.1) is 0 Å².